The van der Waals surface area contributed by atoms with Crippen molar-refractivity contribution < 1.29 is 5.11 Å². The largest absolute Gasteiger partial charge is 0.393 e. The molecular formula is C10H21ClO. The fraction of sp³-hybridized carbons (Fsp3) is 1.00. The van der Waals surface area contributed by atoms with Crippen molar-refractivity contribution >= 4 is 12.4 Å². The molecule has 0 saturated heterocycles. The zero-order valence-corrected chi connectivity index (χ0v) is 9.10. The lowest BCUT2D eigenvalue weighted by molar-refractivity contribution is 0.0266. The third-order valence-corrected chi connectivity index (χ3v) is 2.99. The van der Waals surface area contributed by atoms with Crippen molar-refractivity contribution in [1.29, 1.82) is 0 Å². The van der Waals surface area contributed by atoms with Crippen LogP contribution < -0.4 is 0 Å². The second-order valence-corrected chi connectivity index (χ2v) is 4.39. The van der Waals surface area contributed by atoms with E-state index in [9.17, 15) is 5.11 Å². The van der Waals surface area contributed by atoms with E-state index in [0.717, 1.165) is 12.3 Å². The molecule has 1 aliphatic rings. The molecule has 0 aliphatic heterocycles. The molecule has 1 saturated carbocycles. The van der Waals surface area contributed by atoms with Gasteiger partial charge in [-0.2, -0.15) is 0 Å². The number of halogens is 1. The topological polar surface area (TPSA) is 20.2 Å². The standard InChI is InChI=1S/C10H20O.ClH/c1-7(2)9-5-4-8(3)6-10(9)11;/h7-11H,4-6H2,1-3H3;1H/t8-,9+,10-;/m1./s1. The normalized spacial score (nSPS) is 36.2. The molecule has 12 heavy (non-hydrogen) atoms. The molecule has 0 aromatic heterocycles. The molecular weight excluding hydrogens is 172 g/mol. The van der Waals surface area contributed by atoms with Gasteiger partial charge >= 0.3 is 0 Å². The van der Waals surface area contributed by atoms with Crippen LogP contribution in [0.1, 0.15) is 40.0 Å². The predicted molar refractivity (Wildman–Crippen MR) is 54.6 cm³/mol. The first-order valence-electron chi connectivity index (χ1n) is 4.79. The summed E-state index contributed by atoms with van der Waals surface area (Å²) in [5.74, 6) is 1.95. The van der Waals surface area contributed by atoms with Gasteiger partial charge in [-0.1, -0.05) is 27.2 Å². The Balaban J connectivity index is 0.00000121. The highest BCUT2D eigenvalue weighted by Crippen LogP contribution is 2.33. The van der Waals surface area contributed by atoms with Gasteiger partial charge in [-0.05, 0) is 30.6 Å². The molecule has 1 nitrogen and oxygen atoms in total. The first kappa shape index (κ1) is 12.2. The van der Waals surface area contributed by atoms with E-state index in [1.807, 2.05) is 0 Å². The summed E-state index contributed by atoms with van der Waals surface area (Å²) in [7, 11) is 0. The van der Waals surface area contributed by atoms with Crippen molar-refractivity contribution in [3.63, 3.8) is 0 Å². The second-order valence-electron chi connectivity index (χ2n) is 4.39. The van der Waals surface area contributed by atoms with Gasteiger partial charge in [0.25, 0.3) is 0 Å². The SMILES string of the molecule is CC(C)[C@@H]1CC[C@@H](C)C[C@H]1O.Cl. The Labute approximate surface area is 82.0 Å². The molecule has 0 heterocycles. The average molecular weight is 193 g/mol. The summed E-state index contributed by atoms with van der Waals surface area (Å²) in [6.07, 6.45) is 3.52. The summed E-state index contributed by atoms with van der Waals surface area (Å²) < 4.78 is 0. The predicted octanol–water partition coefficient (Wildman–Crippen LogP) is 2.86. The molecule has 0 aromatic rings. The molecule has 1 rings (SSSR count). The lowest BCUT2D eigenvalue weighted by atomic mass is 9.75. The van der Waals surface area contributed by atoms with Crippen molar-refractivity contribution in [3.8, 4) is 0 Å². The van der Waals surface area contributed by atoms with Crippen molar-refractivity contribution in [1.82, 2.24) is 0 Å². The second kappa shape index (κ2) is 5.08. The average Bonchev–Trinajstić information content (AvgIpc) is 1.85. The van der Waals surface area contributed by atoms with Crippen LogP contribution in [0.4, 0.5) is 0 Å². The maximum Gasteiger partial charge on any atom is 0.0573 e. The van der Waals surface area contributed by atoms with E-state index in [-0.39, 0.29) is 18.5 Å². The number of rotatable bonds is 1. The highest BCUT2D eigenvalue weighted by atomic mass is 35.5. The molecule has 1 N–H and O–H groups in total. The van der Waals surface area contributed by atoms with Crippen LogP contribution in [-0.4, -0.2) is 11.2 Å². The summed E-state index contributed by atoms with van der Waals surface area (Å²) in [6.45, 7) is 6.66. The molecule has 0 spiro atoms. The van der Waals surface area contributed by atoms with Gasteiger partial charge < -0.3 is 5.11 Å². The molecule has 2 heteroatoms. The Morgan fingerprint density at radius 1 is 1.25 bits per heavy atom. The van der Waals surface area contributed by atoms with Gasteiger partial charge in [0.2, 0.25) is 0 Å². The van der Waals surface area contributed by atoms with Gasteiger partial charge in [0.05, 0.1) is 6.10 Å². The van der Waals surface area contributed by atoms with E-state index < -0.39 is 0 Å². The highest BCUT2D eigenvalue weighted by molar-refractivity contribution is 5.85. The monoisotopic (exact) mass is 192 g/mol. The third kappa shape index (κ3) is 2.95. The van der Waals surface area contributed by atoms with Gasteiger partial charge in [0.15, 0.2) is 0 Å². The van der Waals surface area contributed by atoms with Crippen LogP contribution in [0.25, 0.3) is 0 Å². The Kier molecular flexibility index (Phi) is 5.19. The molecule has 0 amide bonds. The summed E-state index contributed by atoms with van der Waals surface area (Å²) in [4.78, 5) is 0. The van der Waals surface area contributed by atoms with Gasteiger partial charge in [-0.25, -0.2) is 0 Å². The lowest BCUT2D eigenvalue weighted by Crippen LogP contribution is -2.31. The molecule has 0 unspecified atom stereocenters. The number of aliphatic hydroxyl groups excluding tert-OH is 1. The summed E-state index contributed by atoms with van der Waals surface area (Å²) in [5, 5.41) is 9.71. The lowest BCUT2D eigenvalue weighted by Gasteiger charge is -2.33. The van der Waals surface area contributed by atoms with E-state index in [1.54, 1.807) is 0 Å². The van der Waals surface area contributed by atoms with E-state index in [0.29, 0.717) is 11.8 Å². The summed E-state index contributed by atoms with van der Waals surface area (Å²) in [5.41, 5.74) is 0. The fourth-order valence-corrected chi connectivity index (χ4v) is 2.15. The summed E-state index contributed by atoms with van der Waals surface area (Å²) in [6, 6.07) is 0. The number of hydrogen-bond donors (Lipinski definition) is 1. The summed E-state index contributed by atoms with van der Waals surface area (Å²) >= 11 is 0. The van der Waals surface area contributed by atoms with Crippen LogP contribution in [0, 0.1) is 17.8 Å². The first-order valence-corrected chi connectivity index (χ1v) is 4.79. The van der Waals surface area contributed by atoms with E-state index >= 15 is 0 Å². The van der Waals surface area contributed by atoms with Gasteiger partial charge in [0.1, 0.15) is 0 Å². The maximum absolute atomic E-state index is 9.71. The van der Waals surface area contributed by atoms with Gasteiger partial charge in [-0.15, -0.1) is 12.4 Å². The Bertz CT molecular complexity index is 125. The Morgan fingerprint density at radius 2 is 1.83 bits per heavy atom. The fourth-order valence-electron chi connectivity index (χ4n) is 2.15. The van der Waals surface area contributed by atoms with Crippen molar-refractivity contribution in [3.05, 3.63) is 0 Å². The van der Waals surface area contributed by atoms with Crippen LogP contribution in [0.3, 0.4) is 0 Å². The third-order valence-electron chi connectivity index (χ3n) is 2.99. The van der Waals surface area contributed by atoms with Crippen LogP contribution in [0.2, 0.25) is 0 Å². The Morgan fingerprint density at radius 3 is 2.25 bits per heavy atom. The zero-order valence-electron chi connectivity index (χ0n) is 8.29. The van der Waals surface area contributed by atoms with Crippen molar-refractivity contribution in [2.45, 2.75) is 46.1 Å². The van der Waals surface area contributed by atoms with Crippen molar-refractivity contribution in [2.24, 2.45) is 17.8 Å². The quantitative estimate of drug-likeness (QED) is 0.678. The van der Waals surface area contributed by atoms with Crippen LogP contribution in [0.15, 0.2) is 0 Å². The van der Waals surface area contributed by atoms with E-state index in [2.05, 4.69) is 20.8 Å². The number of hydrogen-bond acceptors (Lipinski definition) is 1. The van der Waals surface area contributed by atoms with Crippen LogP contribution in [0.5, 0.6) is 0 Å². The number of aliphatic hydroxyl groups is 1. The zero-order chi connectivity index (χ0) is 8.43. The molecule has 74 valence electrons. The molecule has 1 aliphatic carbocycles. The molecule has 1 fully saturated rings. The molecule has 3 atom stereocenters. The van der Waals surface area contributed by atoms with E-state index in [4.69, 9.17) is 0 Å². The van der Waals surface area contributed by atoms with Crippen LogP contribution in [-0.2, 0) is 0 Å². The van der Waals surface area contributed by atoms with E-state index in [1.165, 1.54) is 12.8 Å². The molecule has 0 bridgehead atoms. The van der Waals surface area contributed by atoms with Crippen LogP contribution >= 0.6 is 12.4 Å². The minimum atomic E-state index is -0.0289. The highest BCUT2D eigenvalue weighted by Gasteiger charge is 2.28. The van der Waals surface area contributed by atoms with Crippen molar-refractivity contribution in [2.75, 3.05) is 0 Å². The minimum Gasteiger partial charge on any atom is -0.393 e. The maximum atomic E-state index is 9.71. The first-order chi connectivity index (χ1) is 5.11. The Hall–Kier alpha value is 0.250. The minimum absolute atomic E-state index is 0. The van der Waals surface area contributed by atoms with Gasteiger partial charge in [-0.3, -0.25) is 0 Å². The smallest absolute Gasteiger partial charge is 0.0573 e. The molecule has 0 aromatic carbocycles. The van der Waals surface area contributed by atoms with Gasteiger partial charge in [0, 0.05) is 0 Å². The molecule has 0 radical (unpaired) electrons.